The third-order valence-electron chi connectivity index (χ3n) is 3.74. The lowest BCUT2D eigenvalue weighted by Gasteiger charge is -2.30. The average Bonchev–Trinajstić information content (AvgIpc) is 2.48. The number of anilines is 2. The van der Waals surface area contributed by atoms with Gasteiger partial charge in [-0.05, 0) is 25.5 Å². The zero-order valence-electron chi connectivity index (χ0n) is 12.3. The van der Waals surface area contributed by atoms with E-state index in [1.165, 1.54) is 6.33 Å². The van der Waals surface area contributed by atoms with Crippen LogP contribution in [0.2, 0.25) is 0 Å². The van der Waals surface area contributed by atoms with Gasteiger partial charge in [0.15, 0.2) is 0 Å². The van der Waals surface area contributed by atoms with Gasteiger partial charge in [0.25, 0.3) is 0 Å². The lowest BCUT2D eigenvalue weighted by Crippen LogP contribution is -2.32. The number of nitrogens with zero attached hydrogens (tertiary/aromatic N) is 2. The van der Waals surface area contributed by atoms with Crippen LogP contribution in [0.15, 0.2) is 6.33 Å². The quantitative estimate of drug-likeness (QED) is 0.503. The zero-order chi connectivity index (χ0) is 14.3. The van der Waals surface area contributed by atoms with E-state index in [2.05, 4.69) is 47.7 Å². The average molecular weight is 283 g/mol. The predicted octanol–water partition coefficient (Wildman–Crippen LogP) is 2.66. The molecule has 0 atom stereocenters. The van der Waals surface area contributed by atoms with Gasteiger partial charge in [-0.3, -0.25) is 0 Å². The molecule has 0 saturated heterocycles. The number of thioether (sulfide) groups is 1. The Hall–Kier alpha value is -1.01. The summed E-state index contributed by atoms with van der Waals surface area (Å²) >= 11 is 1.91. The highest BCUT2D eigenvalue weighted by Gasteiger charge is 2.25. The molecule has 4 N–H and O–H groups in total. The largest absolute Gasteiger partial charge is 0.368 e. The molecule has 0 aliphatic carbocycles. The third-order valence-corrected chi connectivity index (χ3v) is 5.32. The van der Waals surface area contributed by atoms with Crippen LogP contribution in [-0.2, 0) is 6.42 Å². The summed E-state index contributed by atoms with van der Waals surface area (Å²) in [5.74, 6) is 7.06. The summed E-state index contributed by atoms with van der Waals surface area (Å²) in [5, 5.41) is 3.47. The van der Waals surface area contributed by atoms with Gasteiger partial charge in [-0.2, -0.15) is 11.8 Å². The summed E-state index contributed by atoms with van der Waals surface area (Å²) < 4.78 is 0.256. The molecule has 19 heavy (non-hydrogen) atoms. The third kappa shape index (κ3) is 3.73. The maximum atomic E-state index is 5.48. The van der Waals surface area contributed by atoms with Crippen molar-refractivity contribution in [2.24, 2.45) is 5.84 Å². The Bertz CT molecular complexity index is 384. The number of hydrogen-bond acceptors (Lipinski definition) is 6. The van der Waals surface area contributed by atoms with Crippen molar-refractivity contribution in [2.75, 3.05) is 23.5 Å². The Balaban J connectivity index is 2.88. The molecule has 0 bridgehead atoms. The van der Waals surface area contributed by atoms with Gasteiger partial charge in [0.05, 0.1) is 0 Å². The summed E-state index contributed by atoms with van der Waals surface area (Å²) in [6.45, 7) is 7.44. The van der Waals surface area contributed by atoms with Crippen LogP contribution in [-0.4, -0.2) is 27.5 Å². The molecule has 0 spiro atoms. The Kier molecular flexibility index (Phi) is 6.37. The molecule has 1 rings (SSSR count). The van der Waals surface area contributed by atoms with Crippen LogP contribution in [0.5, 0.6) is 0 Å². The number of aromatic nitrogens is 2. The van der Waals surface area contributed by atoms with Gasteiger partial charge in [0, 0.05) is 16.9 Å². The minimum Gasteiger partial charge on any atom is -0.368 e. The second kappa shape index (κ2) is 7.55. The van der Waals surface area contributed by atoms with Crippen LogP contribution in [0, 0.1) is 0 Å². The Morgan fingerprint density at radius 3 is 2.32 bits per heavy atom. The molecular formula is C13H25N5S. The summed E-state index contributed by atoms with van der Waals surface area (Å²) in [6.07, 6.45) is 6.81. The van der Waals surface area contributed by atoms with E-state index in [4.69, 9.17) is 5.84 Å². The van der Waals surface area contributed by atoms with Crippen molar-refractivity contribution < 1.29 is 0 Å². The van der Waals surface area contributed by atoms with Gasteiger partial charge < -0.3 is 10.7 Å². The van der Waals surface area contributed by atoms with E-state index < -0.39 is 0 Å². The minimum atomic E-state index is 0.256. The number of rotatable bonds is 8. The van der Waals surface area contributed by atoms with Crippen LogP contribution in [0.1, 0.15) is 39.2 Å². The molecule has 0 radical (unpaired) electrons. The van der Waals surface area contributed by atoms with E-state index in [1.54, 1.807) is 0 Å². The topological polar surface area (TPSA) is 75.9 Å². The molecule has 0 aliphatic heterocycles. The van der Waals surface area contributed by atoms with Crippen molar-refractivity contribution in [1.29, 1.82) is 0 Å². The first-order valence-electron chi connectivity index (χ1n) is 6.75. The maximum Gasteiger partial charge on any atom is 0.148 e. The lowest BCUT2D eigenvalue weighted by molar-refractivity contribution is 0.573. The first kappa shape index (κ1) is 16.0. The van der Waals surface area contributed by atoms with Crippen molar-refractivity contribution in [2.45, 2.75) is 44.8 Å². The molecule has 0 aromatic carbocycles. The summed E-state index contributed by atoms with van der Waals surface area (Å²) in [7, 11) is 0. The van der Waals surface area contributed by atoms with Crippen molar-refractivity contribution in [3.63, 3.8) is 0 Å². The van der Waals surface area contributed by atoms with E-state index in [-0.39, 0.29) is 4.75 Å². The van der Waals surface area contributed by atoms with Gasteiger partial charge in [-0.25, -0.2) is 15.8 Å². The SMILES string of the molecule is CCc1c(NN)ncnc1NCC(CC)(CC)SC. The smallest absolute Gasteiger partial charge is 0.148 e. The fourth-order valence-electron chi connectivity index (χ4n) is 2.13. The number of nitrogens with one attached hydrogen (secondary N) is 2. The first-order valence-corrected chi connectivity index (χ1v) is 7.98. The maximum absolute atomic E-state index is 5.48. The van der Waals surface area contributed by atoms with Crippen molar-refractivity contribution in [3.8, 4) is 0 Å². The Morgan fingerprint density at radius 2 is 1.84 bits per heavy atom. The Labute approximate surface area is 120 Å². The molecule has 0 aliphatic rings. The molecule has 0 saturated carbocycles. The van der Waals surface area contributed by atoms with Gasteiger partial charge in [-0.15, -0.1) is 0 Å². The molecular weight excluding hydrogens is 258 g/mol. The van der Waals surface area contributed by atoms with Crippen LogP contribution >= 0.6 is 11.8 Å². The fraction of sp³-hybridized carbons (Fsp3) is 0.692. The number of nitrogen functional groups attached to an aromatic ring is 1. The number of nitrogens with two attached hydrogens (primary N) is 1. The van der Waals surface area contributed by atoms with Gasteiger partial charge in [0.1, 0.15) is 18.0 Å². The summed E-state index contributed by atoms with van der Waals surface area (Å²) in [5.41, 5.74) is 3.66. The van der Waals surface area contributed by atoms with E-state index in [9.17, 15) is 0 Å². The molecule has 0 unspecified atom stereocenters. The van der Waals surface area contributed by atoms with Gasteiger partial charge in [0.2, 0.25) is 0 Å². The van der Waals surface area contributed by atoms with Crippen LogP contribution in [0.3, 0.4) is 0 Å². The molecule has 1 aromatic heterocycles. The fourth-order valence-corrected chi connectivity index (χ4v) is 2.92. The second-order valence-electron chi connectivity index (χ2n) is 4.50. The van der Waals surface area contributed by atoms with Crippen molar-refractivity contribution in [1.82, 2.24) is 9.97 Å². The highest BCUT2D eigenvalue weighted by molar-refractivity contribution is 8.00. The lowest BCUT2D eigenvalue weighted by atomic mass is 10.0. The number of hydrogen-bond donors (Lipinski definition) is 3. The highest BCUT2D eigenvalue weighted by Crippen LogP contribution is 2.31. The van der Waals surface area contributed by atoms with E-state index in [0.717, 1.165) is 37.2 Å². The minimum absolute atomic E-state index is 0.256. The molecule has 0 amide bonds. The second-order valence-corrected chi connectivity index (χ2v) is 5.77. The first-order chi connectivity index (χ1) is 9.16. The van der Waals surface area contributed by atoms with Crippen LogP contribution < -0.4 is 16.6 Å². The van der Waals surface area contributed by atoms with Crippen molar-refractivity contribution >= 4 is 23.4 Å². The molecule has 5 nitrogen and oxygen atoms in total. The molecule has 1 aromatic rings. The van der Waals surface area contributed by atoms with E-state index in [1.807, 2.05) is 11.8 Å². The van der Waals surface area contributed by atoms with Crippen LogP contribution in [0.4, 0.5) is 11.6 Å². The molecule has 6 heteroatoms. The van der Waals surface area contributed by atoms with E-state index >= 15 is 0 Å². The molecule has 0 fully saturated rings. The normalized spacial score (nSPS) is 11.4. The highest BCUT2D eigenvalue weighted by atomic mass is 32.2. The predicted molar refractivity (Wildman–Crippen MR) is 84.5 cm³/mol. The van der Waals surface area contributed by atoms with Crippen LogP contribution in [0.25, 0.3) is 0 Å². The zero-order valence-corrected chi connectivity index (χ0v) is 13.1. The monoisotopic (exact) mass is 283 g/mol. The summed E-state index contributed by atoms with van der Waals surface area (Å²) in [6, 6.07) is 0. The standard InChI is InChI=1S/C13H25N5S/c1-5-10-11(16-9-17-12(10)18-14)15-8-13(6-2,7-3)19-4/h9H,5-8,14H2,1-4H3,(H2,15,16,17,18). The van der Waals surface area contributed by atoms with Crippen molar-refractivity contribution in [3.05, 3.63) is 11.9 Å². The van der Waals surface area contributed by atoms with Gasteiger partial charge >= 0.3 is 0 Å². The number of hydrazine groups is 1. The molecule has 108 valence electrons. The van der Waals surface area contributed by atoms with Gasteiger partial charge in [-0.1, -0.05) is 20.8 Å². The van der Waals surface area contributed by atoms with E-state index in [0.29, 0.717) is 5.82 Å². The Morgan fingerprint density at radius 1 is 1.21 bits per heavy atom. The summed E-state index contributed by atoms with van der Waals surface area (Å²) in [4.78, 5) is 8.48. The molecule has 1 heterocycles.